The van der Waals surface area contributed by atoms with Crippen molar-refractivity contribution in [3.8, 4) is 0 Å². The molecular weight excluding hydrogens is 256 g/mol. The van der Waals surface area contributed by atoms with Crippen molar-refractivity contribution in [1.82, 2.24) is 14.5 Å². The predicted molar refractivity (Wildman–Crippen MR) is 78.1 cm³/mol. The predicted octanol–water partition coefficient (Wildman–Crippen LogP) is 1.84. The maximum atomic E-state index is 5.62. The molecule has 1 aliphatic rings. The van der Waals surface area contributed by atoms with Crippen LogP contribution in [0.3, 0.4) is 0 Å². The second-order valence-electron chi connectivity index (χ2n) is 4.89. The number of pyridine rings is 1. The standard InChI is InChI=1S/C14H16N4S/c15-14(19)12-7-10(5-6-16-12)8-18-9-17-11-3-1-2-4-13(11)18/h5-7,9H,1-4,8H2,(H2,15,19). The average molecular weight is 272 g/mol. The summed E-state index contributed by atoms with van der Waals surface area (Å²) in [6.07, 6.45) is 8.45. The lowest BCUT2D eigenvalue weighted by molar-refractivity contribution is 0.628. The quantitative estimate of drug-likeness (QED) is 0.866. The van der Waals surface area contributed by atoms with Crippen LogP contribution in [0.2, 0.25) is 0 Å². The number of rotatable bonds is 3. The summed E-state index contributed by atoms with van der Waals surface area (Å²) in [5.74, 6) is 0. The Kier molecular flexibility index (Phi) is 3.29. The summed E-state index contributed by atoms with van der Waals surface area (Å²) in [5, 5.41) is 0. The van der Waals surface area contributed by atoms with Gasteiger partial charge in [0.2, 0.25) is 0 Å². The van der Waals surface area contributed by atoms with E-state index < -0.39 is 0 Å². The van der Waals surface area contributed by atoms with E-state index in [0.29, 0.717) is 10.7 Å². The number of nitrogens with two attached hydrogens (primary N) is 1. The number of imidazole rings is 1. The maximum Gasteiger partial charge on any atom is 0.122 e. The summed E-state index contributed by atoms with van der Waals surface area (Å²) < 4.78 is 2.23. The first kappa shape index (κ1) is 12.3. The number of hydrogen-bond acceptors (Lipinski definition) is 3. The van der Waals surface area contributed by atoms with Crippen molar-refractivity contribution < 1.29 is 0 Å². The Morgan fingerprint density at radius 1 is 1.32 bits per heavy atom. The van der Waals surface area contributed by atoms with Gasteiger partial charge in [-0.25, -0.2) is 4.98 Å². The van der Waals surface area contributed by atoms with E-state index in [1.165, 1.54) is 24.2 Å². The van der Waals surface area contributed by atoms with Crippen LogP contribution >= 0.6 is 12.2 Å². The van der Waals surface area contributed by atoms with E-state index in [2.05, 4.69) is 14.5 Å². The zero-order chi connectivity index (χ0) is 13.2. The highest BCUT2D eigenvalue weighted by molar-refractivity contribution is 7.80. The van der Waals surface area contributed by atoms with Crippen molar-refractivity contribution in [1.29, 1.82) is 0 Å². The summed E-state index contributed by atoms with van der Waals surface area (Å²) in [4.78, 5) is 9.01. The van der Waals surface area contributed by atoms with E-state index in [0.717, 1.165) is 24.9 Å². The number of thiocarbonyl (C=S) groups is 1. The zero-order valence-electron chi connectivity index (χ0n) is 10.7. The molecule has 2 aromatic heterocycles. The number of nitrogens with zero attached hydrogens (tertiary/aromatic N) is 3. The fourth-order valence-electron chi connectivity index (χ4n) is 2.57. The lowest BCUT2D eigenvalue weighted by Crippen LogP contribution is -2.13. The zero-order valence-corrected chi connectivity index (χ0v) is 11.5. The van der Waals surface area contributed by atoms with Crippen molar-refractivity contribution in [2.75, 3.05) is 0 Å². The molecule has 0 bridgehead atoms. The van der Waals surface area contributed by atoms with E-state index in [-0.39, 0.29) is 0 Å². The van der Waals surface area contributed by atoms with Crippen LogP contribution in [0.15, 0.2) is 24.7 Å². The van der Waals surface area contributed by atoms with Gasteiger partial charge < -0.3 is 10.3 Å². The Balaban J connectivity index is 1.87. The lowest BCUT2D eigenvalue weighted by Gasteiger charge is -2.14. The molecule has 3 rings (SSSR count). The van der Waals surface area contributed by atoms with Gasteiger partial charge in [0.15, 0.2) is 0 Å². The molecule has 2 aromatic rings. The molecule has 0 unspecified atom stereocenters. The van der Waals surface area contributed by atoms with E-state index in [4.69, 9.17) is 18.0 Å². The summed E-state index contributed by atoms with van der Waals surface area (Å²) in [7, 11) is 0. The fourth-order valence-corrected chi connectivity index (χ4v) is 2.68. The highest BCUT2D eigenvalue weighted by atomic mass is 32.1. The van der Waals surface area contributed by atoms with Gasteiger partial charge in [0.05, 0.1) is 17.7 Å². The van der Waals surface area contributed by atoms with E-state index >= 15 is 0 Å². The minimum atomic E-state index is 0.342. The van der Waals surface area contributed by atoms with Gasteiger partial charge in [0.25, 0.3) is 0 Å². The first-order valence-electron chi connectivity index (χ1n) is 6.51. The van der Waals surface area contributed by atoms with Gasteiger partial charge in [0.1, 0.15) is 4.99 Å². The fraction of sp³-hybridized carbons (Fsp3) is 0.357. The van der Waals surface area contributed by atoms with Crippen LogP contribution in [0.4, 0.5) is 0 Å². The Morgan fingerprint density at radius 2 is 2.16 bits per heavy atom. The highest BCUT2D eigenvalue weighted by Crippen LogP contribution is 2.20. The Labute approximate surface area is 117 Å². The van der Waals surface area contributed by atoms with Crippen LogP contribution in [0, 0.1) is 0 Å². The molecule has 0 fully saturated rings. The average Bonchev–Trinajstić information content (AvgIpc) is 2.83. The molecule has 0 aliphatic heterocycles. The third-order valence-electron chi connectivity index (χ3n) is 3.54. The van der Waals surface area contributed by atoms with E-state index in [9.17, 15) is 0 Å². The highest BCUT2D eigenvalue weighted by Gasteiger charge is 2.15. The first-order valence-corrected chi connectivity index (χ1v) is 6.92. The Bertz CT molecular complexity index is 618. The molecule has 1 aliphatic carbocycles. The molecule has 0 aromatic carbocycles. The number of hydrogen-bond donors (Lipinski definition) is 1. The topological polar surface area (TPSA) is 56.7 Å². The minimum absolute atomic E-state index is 0.342. The SMILES string of the molecule is NC(=S)c1cc(Cn2cnc3c2CCCC3)ccn1. The number of aromatic nitrogens is 3. The van der Waals surface area contributed by atoms with Gasteiger partial charge in [0, 0.05) is 18.4 Å². The molecule has 0 amide bonds. The van der Waals surface area contributed by atoms with Crippen LogP contribution in [-0.4, -0.2) is 19.5 Å². The van der Waals surface area contributed by atoms with Crippen LogP contribution < -0.4 is 5.73 Å². The molecule has 19 heavy (non-hydrogen) atoms. The summed E-state index contributed by atoms with van der Waals surface area (Å²) in [6.45, 7) is 0.806. The smallest absolute Gasteiger partial charge is 0.122 e. The van der Waals surface area contributed by atoms with Crippen LogP contribution in [0.25, 0.3) is 0 Å². The normalized spacial score (nSPS) is 14.1. The molecule has 4 nitrogen and oxygen atoms in total. The lowest BCUT2D eigenvalue weighted by atomic mass is 10.0. The number of aryl methyl sites for hydroxylation is 1. The van der Waals surface area contributed by atoms with Gasteiger partial charge in [-0.2, -0.15) is 0 Å². The molecule has 2 heterocycles. The third kappa shape index (κ3) is 2.51. The minimum Gasteiger partial charge on any atom is -0.388 e. The maximum absolute atomic E-state index is 5.62. The molecular formula is C14H16N4S. The molecule has 98 valence electrons. The second-order valence-corrected chi connectivity index (χ2v) is 5.33. The molecule has 0 atom stereocenters. The van der Waals surface area contributed by atoms with Gasteiger partial charge in [-0.05, 0) is 43.4 Å². The molecule has 0 saturated carbocycles. The monoisotopic (exact) mass is 272 g/mol. The van der Waals surface area contributed by atoms with Crippen molar-refractivity contribution in [3.63, 3.8) is 0 Å². The Morgan fingerprint density at radius 3 is 3.00 bits per heavy atom. The van der Waals surface area contributed by atoms with Crippen molar-refractivity contribution in [2.24, 2.45) is 5.73 Å². The Hall–Kier alpha value is -1.75. The second kappa shape index (κ2) is 5.09. The molecule has 0 spiro atoms. The van der Waals surface area contributed by atoms with Crippen LogP contribution in [-0.2, 0) is 19.4 Å². The molecule has 0 saturated heterocycles. The van der Waals surface area contributed by atoms with Crippen molar-refractivity contribution >= 4 is 17.2 Å². The summed E-state index contributed by atoms with van der Waals surface area (Å²) in [5.41, 5.74) is 10.1. The van der Waals surface area contributed by atoms with E-state index in [1.807, 2.05) is 18.5 Å². The van der Waals surface area contributed by atoms with Crippen LogP contribution in [0.5, 0.6) is 0 Å². The van der Waals surface area contributed by atoms with Gasteiger partial charge in [-0.3, -0.25) is 4.98 Å². The van der Waals surface area contributed by atoms with E-state index in [1.54, 1.807) is 6.20 Å². The third-order valence-corrected chi connectivity index (χ3v) is 3.75. The molecule has 2 N–H and O–H groups in total. The number of fused-ring (bicyclic) bond motifs is 1. The van der Waals surface area contributed by atoms with Gasteiger partial charge in [-0.1, -0.05) is 12.2 Å². The van der Waals surface area contributed by atoms with Crippen LogP contribution in [0.1, 0.15) is 35.5 Å². The van der Waals surface area contributed by atoms with Crippen molar-refractivity contribution in [3.05, 3.63) is 47.3 Å². The molecule has 5 heteroatoms. The van der Waals surface area contributed by atoms with Gasteiger partial charge in [-0.15, -0.1) is 0 Å². The van der Waals surface area contributed by atoms with Gasteiger partial charge >= 0.3 is 0 Å². The largest absolute Gasteiger partial charge is 0.388 e. The summed E-state index contributed by atoms with van der Waals surface area (Å²) in [6, 6.07) is 3.95. The van der Waals surface area contributed by atoms with Crippen molar-refractivity contribution in [2.45, 2.75) is 32.2 Å². The first-order chi connectivity index (χ1) is 9.24. The molecule has 0 radical (unpaired) electrons. The summed E-state index contributed by atoms with van der Waals surface area (Å²) >= 11 is 4.96.